The molecule has 5 N–H and O–H groups in total. The molecule has 0 saturated heterocycles. The first kappa shape index (κ1) is 21.4. The minimum Gasteiger partial charge on any atom is -0.508 e. The van der Waals surface area contributed by atoms with Crippen LogP contribution in [0.25, 0.3) is 0 Å². The molecule has 2 aromatic carbocycles. The van der Waals surface area contributed by atoms with Crippen molar-refractivity contribution in [2.24, 2.45) is 5.73 Å². The van der Waals surface area contributed by atoms with E-state index in [4.69, 9.17) is 5.73 Å². The molecule has 0 spiro atoms. The molecule has 150 valence electrons. The Hall–Kier alpha value is -2.86. The van der Waals surface area contributed by atoms with E-state index in [0.29, 0.717) is 13.0 Å². The zero-order valence-electron chi connectivity index (χ0n) is 16.7. The SMILES string of the molecule is Cc1cc(O)cc(C)c1C[C@H](N)C(=O)N[C@H](C)C(=O)NCCc1ccccc1. The van der Waals surface area contributed by atoms with Gasteiger partial charge in [-0.1, -0.05) is 30.3 Å². The third-order valence-electron chi connectivity index (χ3n) is 4.75. The van der Waals surface area contributed by atoms with Crippen molar-refractivity contribution < 1.29 is 14.7 Å². The monoisotopic (exact) mass is 383 g/mol. The van der Waals surface area contributed by atoms with Gasteiger partial charge < -0.3 is 21.5 Å². The van der Waals surface area contributed by atoms with Gasteiger partial charge in [-0.05, 0) is 68.0 Å². The minimum atomic E-state index is -0.776. The fourth-order valence-electron chi connectivity index (χ4n) is 3.12. The first-order chi connectivity index (χ1) is 13.3. The molecule has 0 aliphatic heterocycles. The summed E-state index contributed by atoms with van der Waals surface area (Å²) >= 11 is 0. The smallest absolute Gasteiger partial charge is 0.242 e. The van der Waals surface area contributed by atoms with Gasteiger partial charge in [0, 0.05) is 6.54 Å². The zero-order chi connectivity index (χ0) is 20.7. The van der Waals surface area contributed by atoms with Crippen molar-refractivity contribution in [2.75, 3.05) is 6.54 Å². The molecule has 0 unspecified atom stereocenters. The van der Waals surface area contributed by atoms with Crippen LogP contribution in [-0.2, 0) is 22.4 Å². The van der Waals surface area contributed by atoms with Gasteiger partial charge in [0.1, 0.15) is 11.8 Å². The summed E-state index contributed by atoms with van der Waals surface area (Å²) in [6, 6.07) is 11.7. The van der Waals surface area contributed by atoms with Crippen LogP contribution in [0, 0.1) is 13.8 Å². The van der Waals surface area contributed by atoms with E-state index in [1.54, 1.807) is 19.1 Å². The Morgan fingerprint density at radius 2 is 1.68 bits per heavy atom. The number of nitrogens with one attached hydrogen (secondary N) is 2. The van der Waals surface area contributed by atoms with Gasteiger partial charge in [-0.3, -0.25) is 9.59 Å². The Morgan fingerprint density at radius 1 is 1.07 bits per heavy atom. The van der Waals surface area contributed by atoms with Crippen LogP contribution in [0.2, 0.25) is 0 Å². The molecule has 2 atom stereocenters. The van der Waals surface area contributed by atoms with E-state index >= 15 is 0 Å². The molecule has 0 saturated carbocycles. The van der Waals surface area contributed by atoms with Gasteiger partial charge in [0.15, 0.2) is 0 Å². The van der Waals surface area contributed by atoms with Crippen LogP contribution >= 0.6 is 0 Å². The van der Waals surface area contributed by atoms with Gasteiger partial charge in [0.05, 0.1) is 6.04 Å². The lowest BCUT2D eigenvalue weighted by Gasteiger charge is -2.19. The van der Waals surface area contributed by atoms with Crippen molar-refractivity contribution in [3.05, 3.63) is 64.7 Å². The largest absolute Gasteiger partial charge is 0.508 e. The van der Waals surface area contributed by atoms with Crippen LogP contribution in [0.15, 0.2) is 42.5 Å². The second-order valence-electron chi connectivity index (χ2n) is 7.13. The van der Waals surface area contributed by atoms with E-state index in [1.165, 1.54) is 0 Å². The maximum atomic E-state index is 12.4. The summed E-state index contributed by atoms with van der Waals surface area (Å²) in [5.74, 6) is -0.427. The van der Waals surface area contributed by atoms with Crippen molar-refractivity contribution in [3.8, 4) is 5.75 Å². The van der Waals surface area contributed by atoms with Gasteiger partial charge in [-0.15, -0.1) is 0 Å². The lowest BCUT2D eigenvalue weighted by atomic mass is 9.96. The molecule has 0 aliphatic rings. The van der Waals surface area contributed by atoms with Crippen LogP contribution in [0.4, 0.5) is 0 Å². The predicted molar refractivity (Wildman–Crippen MR) is 110 cm³/mol. The average molecular weight is 383 g/mol. The highest BCUT2D eigenvalue weighted by molar-refractivity contribution is 5.89. The van der Waals surface area contributed by atoms with Gasteiger partial charge >= 0.3 is 0 Å². The Bertz CT molecular complexity index is 798. The number of carbonyl (C=O) groups is 2. The van der Waals surface area contributed by atoms with Crippen molar-refractivity contribution in [2.45, 2.75) is 45.7 Å². The lowest BCUT2D eigenvalue weighted by molar-refractivity contribution is -0.129. The number of hydrogen-bond acceptors (Lipinski definition) is 4. The lowest BCUT2D eigenvalue weighted by Crippen LogP contribution is -2.51. The zero-order valence-corrected chi connectivity index (χ0v) is 16.7. The molecule has 2 aromatic rings. The van der Waals surface area contributed by atoms with Crippen LogP contribution in [0.3, 0.4) is 0 Å². The van der Waals surface area contributed by atoms with Crippen molar-refractivity contribution in [3.63, 3.8) is 0 Å². The van der Waals surface area contributed by atoms with E-state index in [-0.39, 0.29) is 17.6 Å². The number of amides is 2. The maximum absolute atomic E-state index is 12.4. The fourth-order valence-corrected chi connectivity index (χ4v) is 3.12. The van der Waals surface area contributed by atoms with Crippen LogP contribution in [-0.4, -0.2) is 35.5 Å². The normalized spacial score (nSPS) is 12.9. The fraction of sp³-hybridized carbons (Fsp3) is 0.364. The highest BCUT2D eigenvalue weighted by Gasteiger charge is 2.21. The quantitative estimate of drug-likeness (QED) is 0.557. The molecule has 6 heteroatoms. The average Bonchev–Trinajstić information content (AvgIpc) is 2.65. The summed E-state index contributed by atoms with van der Waals surface area (Å²) < 4.78 is 0. The standard InChI is InChI=1S/C22H29N3O3/c1-14-11-18(26)12-15(2)19(14)13-20(23)22(28)25-16(3)21(27)24-10-9-17-7-5-4-6-8-17/h4-8,11-12,16,20,26H,9-10,13,23H2,1-3H3,(H,24,27)(H,25,28)/t16-,20+/m1/s1. The minimum absolute atomic E-state index is 0.192. The number of nitrogens with two attached hydrogens (primary N) is 1. The summed E-state index contributed by atoms with van der Waals surface area (Å²) in [4.78, 5) is 24.6. The van der Waals surface area contributed by atoms with E-state index in [2.05, 4.69) is 10.6 Å². The summed E-state index contributed by atoms with van der Waals surface area (Å²) in [6.07, 6.45) is 1.07. The molecule has 0 fully saturated rings. The summed E-state index contributed by atoms with van der Waals surface area (Å²) in [5, 5.41) is 15.1. The van der Waals surface area contributed by atoms with Gasteiger partial charge in [0.25, 0.3) is 0 Å². The second kappa shape index (κ2) is 9.90. The number of aryl methyl sites for hydroxylation is 2. The summed E-state index contributed by atoms with van der Waals surface area (Å²) in [6.45, 7) is 5.88. The molecule has 2 rings (SSSR count). The molecule has 0 aromatic heterocycles. The number of benzene rings is 2. The van der Waals surface area contributed by atoms with E-state index in [9.17, 15) is 14.7 Å². The van der Waals surface area contributed by atoms with Crippen molar-refractivity contribution in [1.82, 2.24) is 10.6 Å². The van der Waals surface area contributed by atoms with Crippen molar-refractivity contribution in [1.29, 1.82) is 0 Å². The van der Waals surface area contributed by atoms with E-state index < -0.39 is 12.1 Å². The van der Waals surface area contributed by atoms with E-state index in [0.717, 1.165) is 28.7 Å². The predicted octanol–water partition coefficient (Wildman–Crippen LogP) is 1.74. The maximum Gasteiger partial charge on any atom is 0.242 e. The van der Waals surface area contributed by atoms with Gasteiger partial charge in [-0.25, -0.2) is 0 Å². The molecule has 2 amide bonds. The van der Waals surface area contributed by atoms with Crippen LogP contribution in [0.1, 0.15) is 29.2 Å². The Morgan fingerprint density at radius 3 is 2.29 bits per heavy atom. The summed E-state index contributed by atoms with van der Waals surface area (Å²) in [7, 11) is 0. The highest BCUT2D eigenvalue weighted by Crippen LogP contribution is 2.21. The topological polar surface area (TPSA) is 104 Å². The molecule has 6 nitrogen and oxygen atoms in total. The number of phenols is 1. The number of aromatic hydroxyl groups is 1. The third kappa shape index (κ3) is 6.09. The first-order valence-corrected chi connectivity index (χ1v) is 9.44. The molecule has 0 bridgehead atoms. The molecular weight excluding hydrogens is 354 g/mol. The Balaban J connectivity index is 1.83. The van der Waals surface area contributed by atoms with Crippen LogP contribution < -0.4 is 16.4 Å². The molecule has 28 heavy (non-hydrogen) atoms. The second-order valence-corrected chi connectivity index (χ2v) is 7.13. The Labute approximate surface area is 166 Å². The molecule has 0 heterocycles. The number of hydrogen-bond donors (Lipinski definition) is 4. The summed E-state index contributed by atoms with van der Waals surface area (Å²) in [5.41, 5.74) is 9.88. The molecular formula is C22H29N3O3. The first-order valence-electron chi connectivity index (χ1n) is 9.44. The van der Waals surface area contributed by atoms with E-state index in [1.807, 2.05) is 44.2 Å². The van der Waals surface area contributed by atoms with Crippen molar-refractivity contribution >= 4 is 11.8 Å². The highest BCUT2D eigenvalue weighted by atomic mass is 16.3. The van der Waals surface area contributed by atoms with Crippen LogP contribution in [0.5, 0.6) is 5.75 Å². The number of rotatable bonds is 8. The van der Waals surface area contributed by atoms with Gasteiger partial charge in [0.2, 0.25) is 11.8 Å². The van der Waals surface area contributed by atoms with Gasteiger partial charge in [-0.2, -0.15) is 0 Å². The molecule has 0 aliphatic carbocycles. The third-order valence-corrected chi connectivity index (χ3v) is 4.75. The number of phenolic OH excluding ortho intramolecular Hbond substituents is 1. The Kier molecular flexibility index (Phi) is 7.58. The molecule has 0 radical (unpaired) electrons. The number of carbonyl (C=O) groups excluding carboxylic acids is 2.